The van der Waals surface area contributed by atoms with E-state index in [1.807, 2.05) is 19.9 Å². The summed E-state index contributed by atoms with van der Waals surface area (Å²) in [6, 6.07) is 20.0. The van der Waals surface area contributed by atoms with Gasteiger partial charge in [-0.15, -0.1) is 0 Å². The van der Waals surface area contributed by atoms with Crippen molar-refractivity contribution in [2.24, 2.45) is 0 Å². The van der Waals surface area contributed by atoms with Crippen molar-refractivity contribution in [1.82, 2.24) is 4.90 Å². The zero-order chi connectivity index (χ0) is 25.4. The average molecular weight is 476 g/mol. The van der Waals surface area contributed by atoms with Crippen LogP contribution < -0.4 is 9.47 Å². The summed E-state index contributed by atoms with van der Waals surface area (Å²) in [5, 5.41) is 0. The van der Waals surface area contributed by atoms with Crippen molar-refractivity contribution < 1.29 is 28.6 Å². The van der Waals surface area contributed by atoms with Crippen LogP contribution in [-0.4, -0.2) is 49.9 Å². The first-order valence-electron chi connectivity index (χ1n) is 11.4. The van der Waals surface area contributed by atoms with Crippen LogP contribution in [0.25, 0.3) is 0 Å². The van der Waals surface area contributed by atoms with E-state index in [0.29, 0.717) is 35.8 Å². The van der Waals surface area contributed by atoms with Crippen molar-refractivity contribution in [1.29, 1.82) is 0 Å². The molecule has 3 aromatic rings. The first kappa shape index (κ1) is 25.5. The van der Waals surface area contributed by atoms with Gasteiger partial charge in [-0.2, -0.15) is 0 Å². The SMILES string of the molecule is CCOc1ccc(C(=O)c2ccccc2C(=O)OC(C(=O)N(C)C)c2ccccc2)cc1OCC. The average Bonchev–Trinajstić information content (AvgIpc) is 2.88. The molecule has 1 amide bonds. The minimum Gasteiger partial charge on any atom is -0.490 e. The number of esters is 1. The Hall–Kier alpha value is -4.13. The summed E-state index contributed by atoms with van der Waals surface area (Å²) in [6.45, 7) is 4.56. The van der Waals surface area contributed by atoms with E-state index in [1.165, 1.54) is 11.0 Å². The molecule has 1 unspecified atom stereocenters. The number of rotatable bonds is 10. The first-order chi connectivity index (χ1) is 16.9. The maximum Gasteiger partial charge on any atom is 0.340 e. The van der Waals surface area contributed by atoms with Crippen LogP contribution in [0.15, 0.2) is 72.8 Å². The van der Waals surface area contributed by atoms with E-state index in [-0.39, 0.29) is 22.8 Å². The summed E-state index contributed by atoms with van der Waals surface area (Å²) in [7, 11) is 3.18. The van der Waals surface area contributed by atoms with Gasteiger partial charge in [-0.1, -0.05) is 48.5 Å². The molecule has 35 heavy (non-hydrogen) atoms. The van der Waals surface area contributed by atoms with Gasteiger partial charge < -0.3 is 19.1 Å². The number of carbonyl (C=O) groups is 3. The van der Waals surface area contributed by atoms with E-state index < -0.39 is 12.1 Å². The fourth-order valence-electron chi connectivity index (χ4n) is 3.50. The zero-order valence-corrected chi connectivity index (χ0v) is 20.3. The van der Waals surface area contributed by atoms with Crippen molar-refractivity contribution in [3.63, 3.8) is 0 Å². The van der Waals surface area contributed by atoms with Gasteiger partial charge in [0.05, 0.1) is 18.8 Å². The summed E-state index contributed by atoms with van der Waals surface area (Å²) >= 11 is 0. The van der Waals surface area contributed by atoms with Crippen molar-refractivity contribution in [2.45, 2.75) is 20.0 Å². The van der Waals surface area contributed by atoms with E-state index in [4.69, 9.17) is 14.2 Å². The highest BCUT2D eigenvalue weighted by atomic mass is 16.5. The summed E-state index contributed by atoms with van der Waals surface area (Å²) in [5.41, 5.74) is 1.10. The summed E-state index contributed by atoms with van der Waals surface area (Å²) < 4.78 is 16.9. The fraction of sp³-hybridized carbons (Fsp3) is 0.250. The lowest BCUT2D eigenvalue weighted by atomic mass is 9.98. The van der Waals surface area contributed by atoms with Gasteiger partial charge in [-0.25, -0.2) is 4.79 Å². The molecule has 0 aromatic heterocycles. The number of carbonyl (C=O) groups excluding carboxylic acids is 3. The van der Waals surface area contributed by atoms with E-state index >= 15 is 0 Å². The van der Waals surface area contributed by atoms with Gasteiger partial charge in [-0.3, -0.25) is 9.59 Å². The predicted molar refractivity (Wildman–Crippen MR) is 132 cm³/mol. The monoisotopic (exact) mass is 475 g/mol. The lowest BCUT2D eigenvalue weighted by Gasteiger charge is -2.21. The third kappa shape index (κ3) is 6.06. The molecule has 0 fully saturated rings. The summed E-state index contributed by atoms with van der Waals surface area (Å²) in [4.78, 5) is 40.8. The molecule has 0 aliphatic heterocycles. The minimum atomic E-state index is -1.14. The van der Waals surface area contributed by atoms with Gasteiger partial charge in [0.15, 0.2) is 17.3 Å². The number of benzene rings is 3. The number of amides is 1. The number of hydrogen-bond acceptors (Lipinski definition) is 6. The highest BCUT2D eigenvalue weighted by molar-refractivity contribution is 6.14. The van der Waals surface area contributed by atoms with Crippen molar-refractivity contribution in [3.8, 4) is 11.5 Å². The second-order valence-electron chi connectivity index (χ2n) is 7.83. The quantitative estimate of drug-likeness (QED) is 0.312. The van der Waals surface area contributed by atoms with Crippen LogP contribution in [0.3, 0.4) is 0 Å². The highest BCUT2D eigenvalue weighted by Crippen LogP contribution is 2.30. The number of ketones is 1. The van der Waals surface area contributed by atoms with Crippen LogP contribution >= 0.6 is 0 Å². The Morgan fingerprint density at radius 2 is 1.37 bits per heavy atom. The first-order valence-corrected chi connectivity index (χ1v) is 11.4. The minimum absolute atomic E-state index is 0.0665. The second kappa shape index (κ2) is 11.8. The normalized spacial score (nSPS) is 11.3. The number of likely N-dealkylation sites (N-methyl/N-ethyl adjacent to an activating group) is 1. The molecule has 1 atom stereocenters. The molecule has 7 heteroatoms. The second-order valence-corrected chi connectivity index (χ2v) is 7.83. The van der Waals surface area contributed by atoms with Crippen molar-refractivity contribution in [2.75, 3.05) is 27.3 Å². The molecule has 7 nitrogen and oxygen atoms in total. The van der Waals surface area contributed by atoms with Crippen LogP contribution in [0.5, 0.6) is 11.5 Å². The maximum absolute atomic E-state index is 13.4. The molecule has 0 saturated carbocycles. The lowest BCUT2D eigenvalue weighted by Crippen LogP contribution is -2.31. The van der Waals surface area contributed by atoms with Gasteiger partial charge in [0.2, 0.25) is 6.10 Å². The van der Waals surface area contributed by atoms with Crippen molar-refractivity contribution >= 4 is 17.7 Å². The Kier molecular flexibility index (Phi) is 8.62. The van der Waals surface area contributed by atoms with Crippen LogP contribution in [0, 0.1) is 0 Å². The summed E-state index contributed by atoms with van der Waals surface area (Å²) in [6.07, 6.45) is -1.14. The Morgan fingerprint density at radius 3 is 2.00 bits per heavy atom. The number of hydrogen-bond donors (Lipinski definition) is 0. The predicted octanol–water partition coefficient (Wildman–Crippen LogP) is 4.70. The van der Waals surface area contributed by atoms with E-state index in [1.54, 1.807) is 74.8 Å². The smallest absolute Gasteiger partial charge is 0.340 e. The zero-order valence-electron chi connectivity index (χ0n) is 20.3. The molecule has 0 saturated heterocycles. The molecular weight excluding hydrogens is 446 g/mol. The largest absolute Gasteiger partial charge is 0.490 e. The number of nitrogens with zero attached hydrogens (tertiary/aromatic N) is 1. The molecule has 3 aromatic carbocycles. The summed E-state index contributed by atoms with van der Waals surface area (Å²) in [5.74, 6) is -0.556. The topological polar surface area (TPSA) is 82.1 Å². The maximum atomic E-state index is 13.4. The Labute approximate surface area is 205 Å². The third-order valence-electron chi connectivity index (χ3n) is 5.19. The molecule has 0 heterocycles. The molecule has 0 radical (unpaired) electrons. The molecule has 0 bridgehead atoms. The van der Waals surface area contributed by atoms with Crippen LogP contribution in [0.2, 0.25) is 0 Å². The Balaban J connectivity index is 1.95. The van der Waals surface area contributed by atoms with Crippen molar-refractivity contribution in [3.05, 3.63) is 95.1 Å². The van der Waals surface area contributed by atoms with Gasteiger partial charge >= 0.3 is 5.97 Å². The highest BCUT2D eigenvalue weighted by Gasteiger charge is 2.29. The van der Waals surface area contributed by atoms with E-state index in [2.05, 4.69) is 0 Å². The van der Waals surface area contributed by atoms with Crippen LogP contribution in [-0.2, 0) is 9.53 Å². The third-order valence-corrected chi connectivity index (χ3v) is 5.19. The van der Waals surface area contributed by atoms with Gasteiger partial charge in [-0.05, 0) is 38.1 Å². The standard InChI is InChI=1S/C28H29NO6/c1-5-33-23-17-16-20(18-24(23)34-6-2)25(30)21-14-10-11-15-22(21)28(32)35-26(27(31)29(3)4)19-12-8-7-9-13-19/h7-18,26H,5-6H2,1-4H3. The molecule has 3 rings (SSSR count). The van der Waals surface area contributed by atoms with Gasteiger partial charge in [0, 0.05) is 30.8 Å². The Bertz CT molecular complexity index is 1190. The molecule has 182 valence electrons. The van der Waals surface area contributed by atoms with E-state index in [0.717, 1.165) is 0 Å². The molecule has 0 spiro atoms. The molecular formula is C28H29NO6. The molecule has 0 aliphatic rings. The fourth-order valence-corrected chi connectivity index (χ4v) is 3.50. The van der Waals surface area contributed by atoms with Gasteiger partial charge in [0.25, 0.3) is 5.91 Å². The van der Waals surface area contributed by atoms with Crippen LogP contribution in [0.4, 0.5) is 0 Å². The lowest BCUT2D eigenvalue weighted by molar-refractivity contribution is -0.138. The molecule has 0 N–H and O–H groups in total. The number of ether oxygens (including phenoxy) is 3. The van der Waals surface area contributed by atoms with E-state index in [9.17, 15) is 14.4 Å². The van der Waals surface area contributed by atoms with Crippen LogP contribution in [0.1, 0.15) is 51.8 Å². The Morgan fingerprint density at radius 1 is 0.771 bits per heavy atom. The molecule has 0 aliphatic carbocycles. The van der Waals surface area contributed by atoms with Gasteiger partial charge in [0.1, 0.15) is 0 Å².